The largest absolute Gasteiger partial charge is 0.491 e. The van der Waals surface area contributed by atoms with E-state index in [-0.39, 0.29) is 17.6 Å². The number of carboxylic acids is 1. The average molecular weight is 622 g/mol. The van der Waals surface area contributed by atoms with Crippen LogP contribution in [-0.4, -0.2) is 39.6 Å². The SMILES string of the molecule is O=C(O)C=Cc1ccc(NC(=O)C2(NC(=O)c3ccc4c(C5CCCCC5)c5n(c4c3)CCOc3cccc(F)c3-5)CCC2)cc1. The van der Waals surface area contributed by atoms with E-state index in [4.69, 9.17) is 9.84 Å². The van der Waals surface area contributed by atoms with E-state index < -0.39 is 11.5 Å². The number of halogens is 1. The summed E-state index contributed by atoms with van der Waals surface area (Å²) in [6.45, 7) is 0.906. The molecule has 0 saturated heterocycles. The molecule has 4 aromatic rings. The fourth-order valence-corrected chi connectivity index (χ4v) is 7.25. The molecule has 2 saturated carbocycles. The molecule has 1 aromatic heterocycles. The van der Waals surface area contributed by atoms with E-state index in [1.54, 1.807) is 30.3 Å². The molecule has 3 aliphatic rings. The number of aliphatic carboxylic acids is 1. The van der Waals surface area contributed by atoms with Gasteiger partial charge in [0.2, 0.25) is 5.91 Å². The van der Waals surface area contributed by atoms with E-state index in [9.17, 15) is 14.4 Å². The van der Waals surface area contributed by atoms with Crippen LogP contribution in [0.5, 0.6) is 5.75 Å². The number of hydrogen-bond donors (Lipinski definition) is 3. The van der Waals surface area contributed by atoms with Gasteiger partial charge in [-0.2, -0.15) is 0 Å². The van der Waals surface area contributed by atoms with Crippen LogP contribution >= 0.6 is 0 Å². The van der Waals surface area contributed by atoms with Gasteiger partial charge in [0.1, 0.15) is 23.7 Å². The van der Waals surface area contributed by atoms with Crippen LogP contribution in [0.1, 0.15) is 78.8 Å². The topological polar surface area (TPSA) is 110 Å². The molecule has 0 unspecified atom stereocenters. The van der Waals surface area contributed by atoms with Crippen molar-refractivity contribution in [3.63, 3.8) is 0 Å². The summed E-state index contributed by atoms with van der Waals surface area (Å²) in [5.74, 6) is -1.14. The zero-order valence-corrected chi connectivity index (χ0v) is 25.5. The van der Waals surface area contributed by atoms with Crippen LogP contribution in [0, 0.1) is 5.82 Å². The van der Waals surface area contributed by atoms with Gasteiger partial charge in [-0.05, 0) is 91.6 Å². The van der Waals surface area contributed by atoms with Crippen LogP contribution in [0.4, 0.5) is 10.1 Å². The third kappa shape index (κ3) is 5.44. The fourth-order valence-electron chi connectivity index (χ4n) is 7.25. The minimum Gasteiger partial charge on any atom is -0.491 e. The molecule has 2 amide bonds. The van der Waals surface area contributed by atoms with Gasteiger partial charge >= 0.3 is 5.97 Å². The maximum absolute atomic E-state index is 15.5. The van der Waals surface area contributed by atoms with Gasteiger partial charge < -0.3 is 25.0 Å². The molecule has 2 fully saturated rings. The number of anilines is 1. The Morgan fingerprint density at radius 1 is 0.978 bits per heavy atom. The molecule has 0 spiro atoms. The van der Waals surface area contributed by atoms with Crippen LogP contribution in [0.15, 0.2) is 66.7 Å². The zero-order chi connectivity index (χ0) is 31.8. The highest BCUT2D eigenvalue weighted by Crippen LogP contribution is 2.48. The highest BCUT2D eigenvalue weighted by molar-refractivity contribution is 6.06. The van der Waals surface area contributed by atoms with Gasteiger partial charge in [-0.15, -0.1) is 0 Å². The predicted molar refractivity (Wildman–Crippen MR) is 174 cm³/mol. The summed E-state index contributed by atoms with van der Waals surface area (Å²) in [4.78, 5) is 38.1. The van der Waals surface area contributed by atoms with Crippen LogP contribution in [0.2, 0.25) is 0 Å². The second-order valence-corrected chi connectivity index (χ2v) is 12.6. The molecule has 1 aliphatic heterocycles. The van der Waals surface area contributed by atoms with Gasteiger partial charge in [0.05, 0.1) is 17.8 Å². The Kier molecular flexibility index (Phi) is 7.84. The summed E-state index contributed by atoms with van der Waals surface area (Å²) < 4.78 is 23.7. The molecule has 3 N–H and O–H groups in total. The van der Waals surface area contributed by atoms with E-state index in [1.165, 1.54) is 18.6 Å². The Morgan fingerprint density at radius 3 is 2.48 bits per heavy atom. The molecule has 2 aliphatic carbocycles. The number of nitrogens with one attached hydrogen (secondary N) is 2. The Hall–Kier alpha value is -4.92. The number of fused-ring (bicyclic) bond motifs is 5. The van der Waals surface area contributed by atoms with Gasteiger partial charge in [-0.25, -0.2) is 9.18 Å². The summed E-state index contributed by atoms with van der Waals surface area (Å²) in [5.41, 5.74) is 3.99. The number of nitrogens with zero attached hydrogens (tertiary/aromatic N) is 1. The lowest BCUT2D eigenvalue weighted by Gasteiger charge is -2.40. The summed E-state index contributed by atoms with van der Waals surface area (Å²) in [7, 11) is 0. The number of hydrogen-bond acceptors (Lipinski definition) is 4. The highest BCUT2D eigenvalue weighted by Gasteiger charge is 2.45. The number of amides is 2. The summed E-state index contributed by atoms with van der Waals surface area (Å²) in [6, 6.07) is 17.5. The Bertz CT molecular complexity index is 1870. The molecule has 0 bridgehead atoms. The number of aromatic nitrogens is 1. The third-order valence-electron chi connectivity index (χ3n) is 9.75. The fraction of sp³-hybridized carbons (Fsp3) is 0.324. The minimum atomic E-state index is -1.04. The molecule has 0 radical (unpaired) electrons. The Labute approximate surface area is 266 Å². The van der Waals surface area contributed by atoms with Crippen LogP contribution in [0.3, 0.4) is 0 Å². The number of carbonyl (C=O) groups excluding carboxylic acids is 2. The lowest BCUT2D eigenvalue weighted by Crippen LogP contribution is -2.61. The quantitative estimate of drug-likeness (QED) is 0.188. The molecule has 7 rings (SSSR count). The normalized spacial score (nSPS) is 17.3. The summed E-state index contributed by atoms with van der Waals surface area (Å²) in [5, 5.41) is 15.8. The molecule has 9 heteroatoms. The van der Waals surface area contributed by atoms with Crippen molar-refractivity contribution in [1.82, 2.24) is 9.88 Å². The predicted octanol–water partition coefficient (Wildman–Crippen LogP) is 7.28. The molecule has 2 heterocycles. The number of benzene rings is 3. The number of rotatable bonds is 7. The van der Waals surface area contributed by atoms with Gasteiger partial charge in [0, 0.05) is 28.2 Å². The van der Waals surface area contributed by atoms with Crippen LogP contribution < -0.4 is 15.4 Å². The van der Waals surface area contributed by atoms with Crippen molar-refractivity contribution in [2.45, 2.75) is 69.4 Å². The second-order valence-electron chi connectivity index (χ2n) is 12.6. The molecular weight excluding hydrogens is 585 g/mol. The first-order valence-electron chi connectivity index (χ1n) is 16.1. The van der Waals surface area contributed by atoms with Crippen molar-refractivity contribution < 1.29 is 28.6 Å². The first kappa shape index (κ1) is 29.8. The molecule has 3 aromatic carbocycles. The van der Waals surface area contributed by atoms with Gasteiger partial charge in [-0.1, -0.05) is 43.5 Å². The van der Waals surface area contributed by atoms with Gasteiger partial charge in [-0.3, -0.25) is 9.59 Å². The van der Waals surface area contributed by atoms with E-state index in [0.717, 1.165) is 60.3 Å². The van der Waals surface area contributed by atoms with Gasteiger partial charge in [0.25, 0.3) is 5.91 Å². The zero-order valence-electron chi connectivity index (χ0n) is 25.5. The lowest BCUT2D eigenvalue weighted by atomic mass is 9.75. The van der Waals surface area contributed by atoms with Crippen LogP contribution in [0.25, 0.3) is 28.2 Å². The van der Waals surface area contributed by atoms with Crippen molar-refractivity contribution >= 4 is 40.4 Å². The first-order chi connectivity index (χ1) is 22.3. The van der Waals surface area contributed by atoms with Crippen molar-refractivity contribution in [3.8, 4) is 17.0 Å². The molecule has 8 nitrogen and oxygen atoms in total. The first-order valence-corrected chi connectivity index (χ1v) is 16.1. The smallest absolute Gasteiger partial charge is 0.328 e. The average Bonchev–Trinajstić information content (AvgIpc) is 3.22. The Morgan fingerprint density at radius 2 is 1.76 bits per heavy atom. The highest BCUT2D eigenvalue weighted by atomic mass is 19.1. The van der Waals surface area contributed by atoms with E-state index in [1.807, 2.05) is 24.3 Å². The molecule has 236 valence electrons. The number of carboxylic acid groups (broad SMARTS) is 1. The number of ether oxygens (including phenoxy) is 1. The maximum atomic E-state index is 15.5. The van der Waals surface area contributed by atoms with Crippen molar-refractivity contribution in [2.24, 2.45) is 0 Å². The maximum Gasteiger partial charge on any atom is 0.328 e. The van der Waals surface area contributed by atoms with Gasteiger partial charge in [0.15, 0.2) is 0 Å². The van der Waals surface area contributed by atoms with Crippen molar-refractivity contribution in [3.05, 3.63) is 89.2 Å². The molecule has 0 atom stereocenters. The van der Waals surface area contributed by atoms with E-state index >= 15 is 4.39 Å². The molecular formula is C37H36FN3O5. The summed E-state index contributed by atoms with van der Waals surface area (Å²) in [6.07, 6.45) is 9.93. The second kappa shape index (κ2) is 12.1. The Balaban J connectivity index is 1.19. The molecule has 46 heavy (non-hydrogen) atoms. The minimum absolute atomic E-state index is 0.289. The van der Waals surface area contributed by atoms with Crippen LogP contribution in [-0.2, 0) is 16.1 Å². The third-order valence-corrected chi connectivity index (χ3v) is 9.75. The lowest BCUT2D eigenvalue weighted by molar-refractivity contribution is -0.131. The van der Waals surface area contributed by atoms with E-state index in [0.29, 0.717) is 60.0 Å². The van der Waals surface area contributed by atoms with Crippen molar-refractivity contribution in [1.29, 1.82) is 0 Å². The van der Waals surface area contributed by atoms with E-state index in [2.05, 4.69) is 15.2 Å². The number of carbonyl (C=O) groups is 3. The summed E-state index contributed by atoms with van der Waals surface area (Å²) >= 11 is 0. The monoisotopic (exact) mass is 621 g/mol. The standard InChI is InChI=1S/C37H36FN3O5/c38-28-8-4-9-30-33(28)34-32(24-6-2-1-3-7-24)27-16-13-25(22-29(27)41(34)20-21-46-30)35(44)40-37(18-5-19-37)36(45)39-26-14-10-23(11-15-26)12-17-31(42)43/h4,8-17,22,24H,1-3,5-7,18-21H2,(H,39,45)(H,40,44)(H,42,43). The van der Waals surface area contributed by atoms with Crippen molar-refractivity contribution in [2.75, 3.05) is 11.9 Å².